The lowest BCUT2D eigenvalue weighted by molar-refractivity contribution is -0.115. The molecule has 0 spiro atoms. The van der Waals surface area contributed by atoms with Crippen molar-refractivity contribution >= 4 is 17.7 Å². The van der Waals surface area contributed by atoms with E-state index in [4.69, 9.17) is 10.5 Å². The van der Waals surface area contributed by atoms with Crippen LogP contribution in [0.4, 0.5) is 0 Å². The summed E-state index contributed by atoms with van der Waals surface area (Å²) >= 11 is 1.26. The summed E-state index contributed by atoms with van der Waals surface area (Å²) in [5, 5.41) is 8.74. The first-order valence-corrected chi connectivity index (χ1v) is 7.45. The number of carbonyl (C=O) groups is 1. The van der Waals surface area contributed by atoms with Crippen molar-refractivity contribution in [2.75, 3.05) is 5.75 Å². The van der Waals surface area contributed by atoms with Crippen molar-refractivity contribution in [3.05, 3.63) is 35.2 Å². The van der Waals surface area contributed by atoms with E-state index >= 15 is 0 Å². The molecule has 7 heteroatoms. The Morgan fingerprint density at radius 1 is 1.38 bits per heavy atom. The number of nitrogens with zero attached hydrogens (tertiary/aromatic N) is 3. The molecule has 21 heavy (non-hydrogen) atoms. The van der Waals surface area contributed by atoms with E-state index in [1.165, 1.54) is 17.3 Å². The van der Waals surface area contributed by atoms with Crippen LogP contribution < -0.4 is 10.5 Å². The highest BCUT2D eigenvalue weighted by Crippen LogP contribution is 2.20. The zero-order valence-electron chi connectivity index (χ0n) is 12.3. The van der Waals surface area contributed by atoms with Gasteiger partial charge in [-0.3, -0.25) is 4.79 Å². The molecule has 1 heterocycles. The van der Waals surface area contributed by atoms with Crippen LogP contribution in [0.2, 0.25) is 0 Å². The van der Waals surface area contributed by atoms with Crippen molar-refractivity contribution in [1.82, 2.24) is 14.8 Å². The number of primary amides is 1. The SMILES string of the molecule is Cc1ccc(OCc2nnc(SCC(N)=O)n2C)c(C)c1. The molecular formula is C14H18N4O2S. The minimum atomic E-state index is -0.379. The summed E-state index contributed by atoms with van der Waals surface area (Å²) in [4.78, 5) is 10.8. The van der Waals surface area contributed by atoms with Gasteiger partial charge in [-0.1, -0.05) is 29.5 Å². The van der Waals surface area contributed by atoms with Gasteiger partial charge in [0.2, 0.25) is 5.91 Å². The van der Waals surface area contributed by atoms with E-state index in [1.807, 2.05) is 33.0 Å². The van der Waals surface area contributed by atoms with Crippen LogP contribution in [0, 0.1) is 13.8 Å². The third-order valence-electron chi connectivity index (χ3n) is 2.96. The average molecular weight is 306 g/mol. The Balaban J connectivity index is 2.02. The third kappa shape index (κ3) is 3.98. The van der Waals surface area contributed by atoms with E-state index < -0.39 is 0 Å². The topological polar surface area (TPSA) is 83.0 Å². The highest BCUT2D eigenvalue weighted by atomic mass is 32.2. The summed E-state index contributed by atoms with van der Waals surface area (Å²) in [6.45, 7) is 4.37. The van der Waals surface area contributed by atoms with Crippen molar-refractivity contribution in [2.24, 2.45) is 12.8 Å². The molecule has 2 rings (SSSR count). The van der Waals surface area contributed by atoms with Gasteiger partial charge >= 0.3 is 0 Å². The number of hydrogen-bond donors (Lipinski definition) is 1. The lowest BCUT2D eigenvalue weighted by Crippen LogP contribution is -2.13. The lowest BCUT2D eigenvalue weighted by Gasteiger charge is -2.09. The highest BCUT2D eigenvalue weighted by Gasteiger charge is 2.11. The number of hydrogen-bond acceptors (Lipinski definition) is 5. The Morgan fingerprint density at radius 2 is 2.14 bits per heavy atom. The lowest BCUT2D eigenvalue weighted by atomic mass is 10.1. The molecule has 0 aliphatic rings. The number of aromatic nitrogens is 3. The van der Waals surface area contributed by atoms with Gasteiger partial charge in [0.15, 0.2) is 11.0 Å². The maximum absolute atomic E-state index is 10.8. The monoisotopic (exact) mass is 306 g/mol. The van der Waals surface area contributed by atoms with Crippen LogP contribution in [-0.4, -0.2) is 26.4 Å². The van der Waals surface area contributed by atoms with Crippen LogP contribution >= 0.6 is 11.8 Å². The molecule has 0 unspecified atom stereocenters. The van der Waals surface area contributed by atoms with Gasteiger partial charge in [-0.15, -0.1) is 10.2 Å². The van der Waals surface area contributed by atoms with Crippen LogP contribution in [0.5, 0.6) is 5.75 Å². The van der Waals surface area contributed by atoms with Gasteiger partial charge < -0.3 is 15.0 Å². The van der Waals surface area contributed by atoms with Crippen LogP contribution in [0.1, 0.15) is 17.0 Å². The fourth-order valence-corrected chi connectivity index (χ4v) is 2.50. The van der Waals surface area contributed by atoms with Crippen molar-refractivity contribution < 1.29 is 9.53 Å². The Labute approximate surface area is 127 Å². The molecule has 2 aromatic rings. The first-order valence-electron chi connectivity index (χ1n) is 6.47. The standard InChI is InChI=1S/C14H18N4O2S/c1-9-4-5-11(10(2)6-9)20-7-13-16-17-14(18(13)3)21-8-12(15)19/h4-6H,7-8H2,1-3H3,(H2,15,19). The number of rotatable bonds is 6. The number of benzene rings is 1. The fourth-order valence-electron chi connectivity index (χ4n) is 1.84. The van der Waals surface area contributed by atoms with Crippen LogP contribution in [0.25, 0.3) is 0 Å². The quantitative estimate of drug-likeness (QED) is 0.819. The second-order valence-electron chi connectivity index (χ2n) is 4.77. The molecule has 0 aliphatic heterocycles. The summed E-state index contributed by atoms with van der Waals surface area (Å²) in [5.41, 5.74) is 7.40. The number of thioether (sulfide) groups is 1. The van der Waals surface area contributed by atoms with Gasteiger partial charge in [-0.2, -0.15) is 0 Å². The van der Waals surface area contributed by atoms with Gasteiger partial charge in [0.25, 0.3) is 0 Å². The first kappa shape index (κ1) is 15.4. The predicted molar refractivity (Wildman–Crippen MR) is 81.2 cm³/mol. The van der Waals surface area contributed by atoms with Crippen LogP contribution in [0.3, 0.4) is 0 Å². The van der Waals surface area contributed by atoms with E-state index in [0.29, 0.717) is 17.6 Å². The van der Waals surface area contributed by atoms with E-state index in [9.17, 15) is 4.79 Å². The average Bonchev–Trinajstić information content (AvgIpc) is 2.76. The Hall–Kier alpha value is -2.02. The van der Waals surface area contributed by atoms with Crippen molar-refractivity contribution in [2.45, 2.75) is 25.6 Å². The molecule has 0 fully saturated rings. The number of carbonyl (C=O) groups excluding carboxylic acids is 1. The fraction of sp³-hybridized carbons (Fsp3) is 0.357. The van der Waals surface area contributed by atoms with E-state index in [-0.39, 0.29) is 11.7 Å². The largest absolute Gasteiger partial charge is 0.485 e. The second-order valence-corrected chi connectivity index (χ2v) is 5.71. The smallest absolute Gasteiger partial charge is 0.227 e. The van der Waals surface area contributed by atoms with Gasteiger partial charge in [0.1, 0.15) is 12.4 Å². The maximum atomic E-state index is 10.8. The molecule has 0 saturated heterocycles. The molecule has 1 amide bonds. The summed E-state index contributed by atoms with van der Waals surface area (Å²) in [7, 11) is 1.84. The molecule has 1 aromatic heterocycles. The van der Waals surface area contributed by atoms with E-state index in [2.05, 4.69) is 16.3 Å². The zero-order chi connectivity index (χ0) is 15.4. The minimum absolute atomic E-state index is 0.184. The number of nitrogens with two attached hydrogens (primary N) is 1. The molecule has 6 nitrogen and oxygen atoms in total. The van der Waals surface area contributed by atoms with E-state index in [1.54, 1.807) is 4.57 Å². The third-order valence-corrected chi connectivity index (χ3v) is 4.00. The normalized spacial score (nSPS) is 10.6. The summed E-state index contributed by atoms with van der Waals surface area (Å²) in [6, 6.07) is 6.02. The molecule has 112 valence electrons. The Kier molecular flexibility index (Phi) is 4.85. The summed E-state index contributed by atoms with van der Waals surface area (Å²) < 4.78 is 7.58. The Morgan fingerprint density at radius 3 is 2.81 bits per heavy atom. The van der Waals surface area contributed by atoms with Crippen molar-refractivity contribution in [3.8, 4) is 5.75 Å². The minimum Gasteiger partial charge on any atom is -0.485 e. The van der Waals surface area contributed by atoms with Crippen LogP contribution in [0.15, 0.2) is 23.4 Å². The maximum Gasteiger partial charge on any atom is 0.227 e. The number of aryl methyl sites for hydroxylation is 2. The van der Waals surface area contributed by atoms with Crippen molar-refractivity contribution in [3.63, 3.8) is 0 Å². The van der Waals surface area contributed by atoms with Crippen LogP contribution in [-0.2, 0) is 18.4 Å². The number of ether oxygens (including phenoxy) is 1. The molecule has 0 aliphatic carbocycles. The van der Waals surface area contributed by atoms with Gasteiger partial charge in [-0.05, 0) is 25.5 Å². The van der Waals surface area contributed by atoms with Crippen molar-refractivity contribution in [1.29, 1.82) is 0 Å². The molecule has 0 saturated carbocycles. The molecule has 1 aromatic carbocycles. The first-order chi connectivity index (χ1) is 9.97. The molecule has 0 bridgehead atoms. The van der Waals surface area contributed by atoms with E-state index in [0.717, 1.165) is 11.3 Å². The highest BCUT2D eigenvalue weighted by molar-refractivity contribution is 7.99. The summed E-state index contributed by atoms with van der Waals surface area (Å²) in [5.74, 6) is 1.33. The molecular weight excluding hydrogens is 288 g/mol. The predicted octanol–water partition coefficient (Wildman–Crippen LogP) is 1.59. The molecule has 0 atom stereocenters. The second kappa shape index (κ2) is 6.62. The van der Waals surface area contributed by atoms with Gasteiger partial charge in [0, 0.05) is 7.05 Å². The summed E-state index contributed by atoms with van der Waals surface area (Å²) in [6.07, 6.45) is 0. The Bertz CT molecular complexity index is 654. The van der Waals surface area contributed by atoms with Gasteiger partial charge in [-0.25, -0.2) is 0 Å². The molecule has 2 N–H and O–H groups in total. The number of amides is 1. The zero-order valence-corrected chi connectivity index (χ0v) is 13.1. The molecule has 0 radical (unpaired) electrons. The van der Waals surface area contributed by atoms with Gasteiger partial charge in [0.05, 0.1) is 5.75 Å².